The lowest BCUT2D eigenvalue weighted by Crippen LogP contribution is -2.58. The molecule has 2 aromatic rings. The van der Waals surface area contributed by atoms with Crippen molar-refractivity contribution >= 4 is 23.2 Å². The minimum absolute atomic E-state index is 0.176. The Morgan fingerprint density at radius 2 is 2.00 bits per heavy atom. The van der Waals surface area contributed by atoms with Crippen molar-refractivity contribution in [2.75, 3.05) is 13.1 Å². The van der Waals surface area contributed by atoms with Crippen LogP contribution in [0.5, 0.6) is 0 Å². The van der Waals surface area contributed by atoms with Gasteiger partial charge in [-0.1, -0.05) is 61.0 Å². The number of likely N-dealkylation sites (tertiary alicyclic amines) is 1. The normalized spacial score (nSPS) is 25.5. The predicted molar refractivity (Wildman–Crippen MR) is 101 cm³/mol. The van der Waals surface area contributed by atoms with E-state index in [0.29, 0.717) is 23.9 Å². The fraction of sp³-hybridized carbons (Fsp3) is 0.300. The highest BCUT2D eigenvalue weighted by Gasteiger charge is 2.51. The van der Waals surface area contributed by atoms with E-state index in [1.807, 2.05) is 48.5 Å². The van der Waals surface area contributed by atoms with E-state index in [1.54, 1.807) is 0 Å². The van der Waals surface area contributed by atoms with E-state index < -0.39 is 6.04 Å². The number of nitrogens with two attached hydrogens (primary N) is 1. The molecule has 1 fully saturated rings. The highest BCUT2D eigenvalue weighted by Crippen LogP contribution is 2.44. The van der Waals surface area contributed by atoms with Gasteiger partial charge in [-0.3, -0.25) is 9.28 Å². The number of rotatable bonds is 4. The van der Waals surface area contributed by atoms with Gasteiger partial charge in [-0.05, 0) is 5.56 Å². The van der Waals surface area contributed by atoms with Crippen molar-refractivity contribution < 1.29 is 4.79 Å². The van der Waals surface area contributed by atoms with Crippen molar-refractivity contribution in [2.45, 2.75) is 19.4 Å². The standard InChI is InChI=1S/C20H20ClN3O/c1-14-12-18(20(23)25)24(13-14,11-10-22)17-9-5-8-16(19(17)21)15-6-3-2-4-7-15/h2-9,14,18H,11-13H2,1H3,(H-,23,25)/p+1/t14-,18-,24?/m0/s1. The van der Waals surface area contributed by atoms with E-state index in [1.165, 1.54) is 0 Å². The number of carbonyl (C=O) groups excluding carboxylic acids is 1. The zero-order chi connectivity index (χ0) is 18.0. The first-order valence-electron chi connectivity index (χ1n) is 8.37. The summed E-state index contributed by atoms with van der Waals surface area (Å²) >= 11 is 6.79. The quantitative estimate of drug-likeness (QED) is 0.671. The van der Waals surface area contributed by atoms with Crippen LogP contribution in [-0.4, -0.2) is 25.0 Å². The molecule has 1 aliphatic heterocycles. The molecule has 1 heterocycles. The number of hydrogen-bond donors (Lipinski definition) is 1. The van der Waals surface area contributed by atoms with Crippen LogP contribution in [-0.2, 0) is 4.79 Å². The van der Waals surface area contributed by atoms with Crippen LogP contribution in [0.15, 0.2) is 48.5 Å². The Morgan fingerprint density at radius 1 is 1.28 bits per heavy atom. The van der Waals surface area contributed by atoms with Crippen LogP contribution in [0.25, 0.3) is 11.1 Å². The molecule has 0 bridgehead atoms. The summed E-state index contributed by atoms with van der Waals surface area (Å²) in [5.41, 5.74) is 8.41. The van der Waals surface area contributed by atoms with Crippen LogP contribution in [0.1, 0.15) is 13.3 Å². The third-order valence-electron chi connectivity index (χ3n) is 5.08. The number of primary amides is 1. The summed E-state index contributed by atoms with van der Waals surface area (Å²) < 4.78 is 0.215. The Bertz CT molecular complexity index is 831. The van der Waals surface area contributed by atoms with Gasteiger partial charge in [-0.15, -0.1) is 0 Å². The van der Waals surface area contributed by atoms with Gasteiger partial charge in [0.15, 0.2) is 18.3 Å². The molecule has 1 saturated heterocycles. The largest absolute Gasteiger partial charge is 0.364 e. The van der Waals surface area contributed by atoms with Gasteiger partial charge in [0, 0.05) is 24.0 Å². The van der Waals surface area contributed by atoms with Gasteiger partial charge >= 0.3 is 0 Å². The van der Waals surface area contributed by atoms with E-state index in [9.17, 15) is 10.1 Å². The van der Waals surface area contributed by atoms with Crippen LogP contribution in [0.3, 0.4) is 0 Å². The molecule has 0 aliphatic carbocycles. The molecule has 128 valence electrons. The van der Waals surface area contributed by atoms with Crippen molar-refractivity contribution in [1.82, 2.24) is 4.48 Å². The van der Waals surface area contributed by atoms with Gasteiger partial charge in [0.1, 0.15) is 11.1 Å². The third kappa shape index (κ3) is 3.02. The molecule has 0 spiro atoms. The second kappa shape index (κ2) is 6.87. The number of nitrogens with zero attached hydrogens (tertiary/aromatic N) is 2. The lowest BCUT2D eigenvalue weighted by atomic mass is 10.0. The maximum Gasteiger partial charge on any atom is 0.276 e. The Labute approximate surface area is 153 Å². The average molecular weight is 355 g/mol. The molecule has 0 saturated carbocycles. The molecule has 0 aromatic heterocycles. The predicted octanol–water partition coefficient (Wildman–Crippen LogP) is 3.73. The summed E-state index contributed by atoms with van der Waals surface area (Å²) in [5.74, 6) is -0.0805. The van der Waals surface area contributed by atoms with Gasteiger partial charge in [-0.25, -0.2) is 0 Å². The lowest BCUT2D eigenvalue weighted by molar-refractivity contribution is -0.121. The second-order valence-corrected chi connectivity index (χ2v) is 7.17. The fourth-order valence-corrected chi connectivity index (χ4v) is 4.46. The number of carbonyl (C=O) groups is 1. The van der Waals surface area contributed by atoms with Gasteiger partial charge in [0.2, 0.25) is 0 Å². The molecule has 0 radical (unpaired) electrons. The first kappa shape index (κ1) is 17.5. The SMILES string of the molecule is C[C@H]1C[C@@H](C(N)=O)[N+](CC#N)(c2cccc(-c3ccccc3)c2Cl)C1. The molecule has 1 aliphatic rings. The van der Waals surface area contributed by atoms with Crippen molar-refractivity contribution in [3.05, 3.63) is 53.6 Å². The zero-order valence-electron chi connectivity index (χ0n) is 14.2. The number of hydrogen-bond acceptors (Lipinski definition) is 2. The molecule has 2 aromatic carbocycles. The summed E-state index contributed by atoms with van der Waals surface area (Å²) in [6.07, 6.45) is 0.670. The molecular formula is C20H21ClN3O+. The third-order valence-corrected chi connectivity index (χ3v) is 5.48. The molecule has 2 N–H and O–H groups in total. The van der Waals surface area contributed by atoms with Crippen LogP contribution in [0.4, 0.5) is 5.69 Å². The van der Waals surface area contributed by atoms with Crippen LogP contribution < -0.4 is 10.2 Å². The molecule has 1 unspecified atom stereocenters. The Kier molecular flexibility index (Phi) is 4.80. The molecule has 25 heavy (non-hydrogen) atoms. The minimum Gasteiger partial charge on any atom is -0.364 e. The van der Waals surface area contributed by atoms with Crippen molar-refractivity contribution in [3.8, 4) is 17.2 Å². The first-order valence-corrected chi connectivity index (χ1v) is 8.75. The van der Waals surface area contributed by atoms with Gasteiger partial charge < -0.3 is 5.73 Å². The summed E-state index contributed by atoms with van der Waals surface area (Å²) in [6.45, 7) is 2.94. The average Bonchev–Trinajstić information content (AvgIpc) is 2.93. The molecule has 3 rings (SSSR count). The fourth-order valence-electron chi connectivity index (χ4n) is 4.06. The molecule has 4 nitrogen and oxygen atoms in total. The van der Waals surface area contributed by atoms with E-state index in [-0.39, 0.29) is 16.9 Å². The van der Waals surface area contributed by atoms with Crippen LogP contribution in [0, 0.1) is 17.2 Å². The van der Waals surface area contributed by atoms with E-state index in [2.05, 4.69) is 13.0 Å². The number of amides is 1. The maximum absolute atomic E-state index is 12.1. The van der Waals surface area contributed by atoms with Crippen LogP contribution in [0.2, 0.25) is 5.02 Å². The molecular weight excluding hydrogens is 334 g/mol. The molecule has 1 amide bonds. The summed E-state index contributed by atoms with van der Waals surface area (Å²) in [4.78, 5) is 12.1. The Balaban J connectivity index is 2.19. The Morgan fingerprint density at radius 3 is 2.64 bits per heavy atom. The molecule has 5 heteroatoms. The Hall–Kier alpha value is -2.35. The van der Waals surface area contributed by atoms with E-state index in [4.69, 9.17) is 17.3 Å². The number of quaternary nitrogens is 1. The monoisotopic (exact) mass is 354 g/mol. The highest BCUT2D eigenvalue weighted by molar-refractivity contribution is 6.36. The minimum atomic E-state index is -0.432. The van der Waals surface area contributed by atoms with Gasteiger partial charge in [0.25, 0.3) is 5.91 Å². The van der Waals surface area contributed by atoms with Gasteiger partial charge in [-0.2, -0.15) is 5.26 Å². The molecule has 3 atom stereocenters. The summed E-state index contributed by atoms with van der Waals surface area (Å²) in [7, 11) is 0. The first-order chi connectivity index (χ1) is 12.0. The van der Waals surface area contributed by atoms with E-state index >= 15 is 0 Å². The zero-order valence-corrected chi connectivity index (χ0v) is 14.9. The smallest absolute Gasteiger partial charge is 0.276 e. The van der Waals surface area contributed by atoms with E-state index in [0.717, 1.165) is 16.8 Å². The van der Waals surface area contributed by atoms with Crippen LogP contribution >= 0.6 is 11.6 Å². The number of nitriles is 1. The topological polar surface area (TPSA) is 66.9 Å². The van der Waals surface area contributed by atoms with Gasteiger partial charge in [0.05, 0.1) is 6.54 Å². The lowest BCUT2D eigenvalue weighted by Gasteiger charge is -2.37. The van der Waals surface area contributed by atoms with Crippen molar-refractivity contribution in [3.63, 3.8) is 0 Å². The second-order valence-electron chi connectivity index (χ2n) is 6.80. The highest BCUT2D eigenvalue weighted by atomic mass is 35.5. The summed E-state index contributed by atoms with van der Waals surface area (Å²) in [5, 5.41) is 10.0. The van der Waals surface area contributed by atoms with Crippen molar-refractivity contribution in [1.29, 1.82) is 5.26 Å². The van der Waals surface area contributed by atoms with Crippen molar-refractivity contribution in [2.24, 2.45) is 11.7 Å². The number of benzene rings is 2. The maximum atomic E-state index is 12.1. The summed E-state index contributed by atoms with van der Waals surface area (Å²) in [6, 6.07) is 17.5. The number of halogens is 1.